The largest absolute Gasteiger partial charge is 0.461 e. The zero-order valence-electron chi connectivity index (χ0n) is 10.4. The number of rotatable bonds is 2. The van der Waals surface area contributed by atoms with Gasteiger partial charge in [0.1, 0.15) is 11.3 Å². The maximum absolute atomic E-state index is 5.97. The number of hydrogen-bond acceptors (Lipinski definition) is 2. The molecule has 3 rings (SSSR count). The van der Waals surface area contributed by atoms with Crippen molar-refractivity contribution in [2.75, 3.05) is 19.6 Å². The van der Waals surface area contributed by atoms with Gasteiger partial charge in [-0.2, -0.15) is 0 Å². The van der Waals surface area contributed by atoms with Crippen molar-refractivity contribution >= 4 is 11.0 Å². The average Bonchev–Trinajstić information content (AvgIpc) is 2.59. The van der Waals surface area contributed by atoms with Crippen LogP contribution in [0.3, 0.4) is 0 Å². The molecule has 1 aliphatic heterocycles. The second-order valence-electron chi connectivity index (χ2n) is 4.84. The first-order valence-corrected chi connectivity index (χ1v) is 6.60. The molecular weight excluding hydrogens is 210 g/mol. The Kier molecular flexibility index (Phi) is 2.89. The molecule has 2 heterocycles. The Labute approximate surface area is 102 Å². The number of furan rings is 1. The lowest BCUT2D eigenvalue weighted by atomic mass is 10.1. The SMILES string of the molecule is CCCN1CCc2oc3ccccc3c2CC1. The lowest BCUT2D eigenvalue weighted by molar-refractivity contribution is 0.284. The summed E-state index contributed by atoms with van der Waals surface area (Å²) in [5, 5.41) is 1.32. The van der Waals surface area contributed by atoms with Gasteiger partial charge in [0.25, 0.3) is 0 Å². The zero-order chi connectivity index (χ0) is 11.7. The minimum atomic E-state index is 1.06. The molecule has 2 nitrogen and oxygen atoms in total. The fraction of sp³-hybridized carbons (Fsp3) is 0.467. The van der Waals surface area contributed by atoms with Gasteiger partial charge >= 0.3 is 0 Å². The Balaban J connectivity index is 1.93. The highest BCUT2D eigenvalue weighted by Crippen LogP contribution is 2.28. The topological polar surface area (TPSA) is 16.4 Å². The molecule has 1 aromatic heterocycles. The van der Waals surface area contributed by atoms with Gasteiger partial charge in [-0.1, -0.05) is 25.1 Å². The van der Waals surface area contributed by atoms with E-state index in [0.717, 1.165) is 25.0 Å². The first kappa shape index (κ1) is 10.8. The van der Waals surface area contributed by atoms with E-state index in [2.05, 4.69) is 36.1 Å². The van der Waals surface area contributed by atoms with E-state index in [1.165, 1.54) is 36.2 Å². The first-order chi connectivity index (χ1) is 8.38. The van der Waals surface area contributed by atoms with Crippen LogP contribution in [-0.4, -0.2) is 24.5 Å². The summed E-state index contributed by atoms with van der Waals surface area (Å²) in [5.74, 6) is 1.21. The van der Waals surface area contributed by atoms with Gasteiger partial charge in [0.05, 0.1) is 0 Å². The Morgan fingerprint density at radius 3 is 2.88 bits per heavy atom. The van der Waals surface area contributed by atoms with Gasteiger partial charge < -0.3 is 9.32 Å². The third kappa shape index (κ3) is 1.98. The highest BCUT2D eigenvalue weighted by atomic mass is 16.3. The summed E-state index contributed by atoms with van der Waals surface area (Å²) in [4.78, 5) is 2.55. The highest BCUT2D eigenvalue weighted by molar-refractivity contribution is 5.82. The number of fused-ring (bicyclic) bond motifs is 3. The molecule has 0 atom stereocenters. The van der Waals surface area contributed by atoms with Gasteiger partial charge in [-0.3, -0.25) is 0 Å². The summed E-state index contributed by atoms with van der Waals surface area (Å²) in [6, 6.07) is 8.42. The summed E-state index contributed by atoms with van der Waals surface area (Å²) in [6.45, 7) is 5.77. The summed E-state index contributed by atoms with van der Waals surface area (Å²) < 4.78 is 5.97. The Hall–Kier alpha value is -1.28. The smallest absolute Gasteiger partial charge is 0.134 e. The summed E-state index contributed by atoms with van der Waals surface area (Å²) in [5.41, 5.74) is 2.50. The van der Waals surface area contributed by atoms with Crippen LogP contribution in [0.1, 0.15) is 24.7 Å². The van der Waals surface area contributed by atoms with E-state index in [4.69, 9.17) is 4.42 Å². The molecule has 0 unspecified atom stereocenters. The molecule has 0 aliphatic carbocycles. The quantitative estimate of drug-likeness (QED) is 0.786. The molecule has 0 radical (unpaired) electrons. The van der Waals surface area contributed by atoms with Crippen LogP contribution in [0.15, 0.2) is 28.7 Å². The molecule has 0 saturated carbocycles. The van der Waals surface area contributed by atoms with E-state index in [0.29, 0.717) is 0 Å². The molecule has 0 bridgehead atoms. The normalized spacial score (nSPS) is 17.0. The van der Waals surface area contributed by atoms with Crippen molar-refractivity contribution in [3.63, 3.8) is 0 Å². The van der Waals surface area contributed by atoms with E-state index >= 15 is 0 Å². The lowest BCUT2D eigenvalue weighted by Gasteiger charge is -2.18. The average molecular weight is 229 g/mol. The molecule has 1 aromatic carbocycles. The summed E-state index contributed by atoms with van der Waals surface area (Å²) in [7, 11) is 0. The van der Waals surface area contributed by atoms with Crippen LogP contribution in [0.25, 0.3) is 11.0 Å². The van der Waals surface area contributed by atoms with Gasteiger partial charge in [-0.05, 0) is 25.5 Å². The van der Waals surface area contributed by atoms with Crippen LogP contribution in [0.5, 0.6) is 0 Å². The van der Waals surface area contributed by atoms with Crippen molar-refractivity contribution in [1.29, 1.82) is 0 Å². The summed E-state index contributed by atoms with van der Waals surface area (Å²) >= 11 is 0. The van der Waals surface area contributed by atoms with Gasteiger partial charge in [0, 0.05) is 30.5 Å². The van der Waals surface area contributed by atoms with Crippen LogP contribution < -0.4 is 0 Å². The van der Waals surface area contributed by atoms with Crippen molar-refractivity contribution < 1.29 is 4.42 Å². The van der Waals surface area contributed by atoms with Crippen LogP contribution in [0.4, 0.5) is 0 Å². The van der Waals surface area contributed by atoms with Crippen molar-refractivity contribution in [1.82, 2.24) is 4.90 Å². The van der Waals surface area contributed by atoms with Crippen LogP contribution >= 0.6 is 0 Å². The fourth-order valence-electron chi connectivity index (χ4n) is 2.81. The molecule has 90 valence electrons. The number of para-hydroxylation sites is 1. The third-order valence-electron chi connectivity index (χ3n) is 3.65. The second kappa shape index (κ2) is 4.53. The molecule has 0 fully saturated rings. The van der Waals surface area contributed by atoms with Crippen molar-refractivity contribution in [2.24, 2.45) is 0 Å². The molecule has 17 heavy (non-hydrogen) atoms. The van der Waals surface area contributed by atoms with Gasteiger partial charge in [0.15, 0.2) is 0 Å². The fourth-order valence-corrected chi connectivity index (χ4v) is 2.81. The molecule has 1 aliphatic rings. The first-order valence-electron chi connectivity index (χ1n) is 6.60. The molecular formula is C15H19NO. The molecule has 2 heteroatoms. The molecule has 0 amide bonds. The van der Waals surface area contributed by atoms with E-state index in [1.54, 1.807) is 0 Å². The number of benzene rings is 1. The van der Waals surface area contributed by atoms with Crippen LogP contribution in [0, 0.1) is 0 Å². The van der Waals surface area contributed by atoms with E-state index in [9.17, 15) is 0 Å². The van der Waals surface area contributed by atoms with Gasteiger partial charge in [-0.15, -0.1) is 0 Å². The van der Waals surface area contributed by atoms with Crippen LogP contribution in [-0.2, 0) is 12.8 Å². The Bertz CT molecular complexity index is 515. The van der Waals surface area contributed by atoms with Crippen molar-refractivity contribution in [2.45, 2.75) is 26.2 Å². The van der Waals surface area contributed by atoms with E-state index in [-0.39, 0.29) is 0 Å². The molecule has 0 N–H and O–H groups in total. The predicted molar refractivity (Wildman–Crippen MR) is 70.4 cm³/mol. The monoisotopic (exact) mass is 229 g/mol. The molecule has 0 saturated heterocycles. The second-order valence-corrected chi connectivity index (χ2v) is 4.84. The van der Waals surface area contributed by atoms with Gasteiger partial charge in [0.2, 0.25) is 0 Å². The third-order valence-corrected chi connectivity index (χ3v) is 3.65. The Morgan fingerprint density at radius 2 is 2.00 bits per heavy atom. The van der Waals surface area contributed by atoms with E-state index in [1.807, 2.05) is 0 Å². The predicted octanol–water partition coefficient (Wildman–Crippen LogP) is 3.24. The summed E-state index contributed by atoms with van der Waals surface area (Å²) in [6.07, 6.45) is 3.43. The zero-order valence-corrected chi connectivity index (χ0v) is 10.4. The lowest BCUT2D eigenvalue weighted by Crippen LogP contribution is -2.27. The minimum Gasteiger partial charge on any atom is -0.461 e. The highest BCUT2D eigenvalue weighted by Gasteiger charge is 2.19. The standard InChI is InChI=1S/C15H19NO/c1-2-9-16-10-7-13-12-5-3-4-6-14(12)17-15(13)8-11-16/h3-6H,2,7-11H2,1H3. The maximum Gasteiger partial charge on any atom is 0.134 e. The van der Waals surface area contributed by atoms with Crippen molar-refractivity contribution in [3.8, 4) is 0 Å². The van der Waals surface area contributed by atoms with Crippen molar-refractivity contribution in [3.05, 3.63) is 35.6 Å². The minimum absolute atomic E-state index is 1.06. The number of nitrogens with zero attached hydrogens (tertiary/aromatic N) is 1. The van der Waals surface area contributed by atoms with E-state index < -0.39 is 0 Å². The van der Waals surface area contributed by atoms with Crippen LogP contribution in [0.2, 0.25) is 0 Å². The number of hydrogen-bond donors (Lipinski definition) is 0. The molecule has 2 aromatic rings. The Morgan fingerprint density at radius 1 is 1.18 bits per heavy atom. The maximum atomic E-state index is 5.97. The molecule has 0 spiro atoms. The van der Waals surface area contributed by atoms with Gasteiger partial charge in [-0.25, -0.2) is 0 Å².